The van der Waals surface area contributed by atoms with Crippen LogP contribution in [0.25, 0.3) is 0 Å². The molecule has 3 rings (SSSR count). The standard InChI is InChI=1S/C23H20BrN3O3/c1-16-6-5-9-20(12-16)26-22(28)15-30-21-11-10-19(24)13-18(21)14-25-27-23(29)17-7-3-2-4-8-17/h2-14H,15H2,1H3,(H,26,28)(H,27,29)/b25-14+. The first kappa shape index (κ1) is 21.3. The number of nitrogens with one attached hydrogen (secondary N) is 2. The summed E-state index contributed by atoms with van der Waals surface area (Å²) >= 11 is 3.40. The number of anilines is 1. The average molecular weight is 466 g/mol. The summed E-state index contributed by atoms with van der Waals surface area (Å²) in [6.45, 7) is 1.79. The Hall–Kier alpha value is -3.45. The fourth-order valence-electron chi connectivity index (χ4n) is 2.63. The number of halogens is 1. The van der Waals surface area contributed by atoms with Crippen molar-refractivity contribution in [2.45, 2.75) is 6.92 Å². The fourth-order valence-corrected chi connectivity index (χ4v) is 3.01. The number of carbonyl (C=O) groups excluding carboxylic acids is 2. The lowest BCUT2D eigenvalue weighted by atomic mass is 10.2. The maximum Gasteiger partial charge on any atom is 0.271 e. The first-order valence-corrected chi connectivity index (χ1v) is 9.98. The monoisotopic (exact) mass is 465 g/mol. The van der Waals surface area contributed by atoms with Crippen LogP contribution in [-0.4, -0.2) is 24.6 Å². The Morgan fingerprint density at radius 2 is 1.83 bits per heavy atom. The number of nitrogens with zero attached hydrogens (tertiary/aromatic N) is 1. The molecule has 0 fully saturated rings. The molecule has 7 heteroatoms. The van der Waals surface area contributed by atoms with E-state index in [9.17, 15) is 9.59 Å². The Morgan fingerprint density at radius 3 is 2.60 bits per heavy atom. The SMILES string of the molecule is Cc1cccc(NC(=O)COc2ccc(Br)cc2/C=N/NC(=O)c2ccccc2)c1. The predicted octanol–water partition coefficient (Wildman–Crippen LogP) is 4.54. The first-order valence-electron chi connectivity index (χ1n) is 9.18. The van der Waals surface area contributed by atoms with E-state index in [4.69, 9.17) is 4.74 Å². The summed E-state index contributed by atoms with van der Waals surface area (Å²) < 4.78 is 6.48. The van der Waals surface area contributed by atoms with Crippen molar-refractivity contribution in [2.24, 2.45) is 5.10 Å². The van der Waals surface area contributed by atoms with Crippen LogP contribution >= 0.6 is 15.9 Å². The third-order valence-electron chi connectivity index (χ3n) is 4.04. The van der Waals surface area contributed by atoms with Crippen LogP contribution in [0.5, 0.6) is 5.75 Å². The van der Waals surface area contributed by atoms with Crippen molar-refractivity contribution >= 4 is 39.6 Å². The topological polar surface area (TPSA) is 79.8 Å². The second kappa shape index (κ2) is 10.4. The number of hydrazone groups is 1. The van der Waals surface area contributed by atoms with Crippen LogP contribution in [0.2, 0.25) is 0 Å². The number of benzene rings is 3. The van der Waals surface area contributed by atoms with Crippen LogP contribution in [0, 0.1) is 6.92 Å². The third kappa shape index (κ3) is 6.28. The van der Waals surface area contributed by atoms with Crippen molar-refractivity contribution in [3.05, 3.63) is 94.0 Å². The van der Waals surface area contributed by atoms with Crippen molar-refractivity contribution < 1.29 is 14.3 Å². The summed E-state index contributed by atoms with van der Waals surface area (Å²) in [4.78, 5) is 24.3. The molecule has 0 spiro atoms. The summed E-state index contributed by atoms with van der Waals surface area (Å²) in [7, 11) is 0. The van der Waals surface area contributed by atoms with E-state index >= 15 is 0 Å². The van der Waals surface area contributed by atoms with E-state index in [0.29, 0.717) is 22.6 Å². The van der Waals surface area contributed by atoms with E-state index in [2.05, 4.69) is 31.8 Å². The van der Waals surface area contributed by atoms with Crippen LogP contribution in [0.15, 0.2) is 82.4 Å². The zero-order chi connectivity index (χ0) is 21.3. The molecule has 0 radical (unpaired) electrons. The van der Waals surface area contributed by atoms with Crippen molar-refractivity contribution in [1.82, 2.24) is 5.43 Å². The minimum Gasteiger partial charge on any atom is -0.483 e. The maximum absolute atomic E-state index is 12.2. The van der Waals surface area contributed by atoms with Gasteiger partial charge >= 0.3 is 0 Å². The van der Waals surface area contributed by atoms with Gasteiger partial charge in [0.15, 0.2) is 6.61 Å². The Morgan fingerprint density at radius 1 is 1.03 bits per heavy atom. The molecule has 0 atom stereocenters. The minimum absolute atomic E-state index is 0.160. The molecule has 0 aliphatic heterocycles. The lowest BCUT2D eigenvalue weighted by Crippen LogP contribution is -2.20. The smallest absolute Gasteiger partial charge is 0.271 e. The molecule has 6 nitrogen and oxygen atoms in total. The zero-order valence-corrected chi connectivity index (χ0v) is 17.8. The van der Waals surface area contributed by atoms with Crippen LogP contribution in [0.4, 0.5) is 5.69 Å². The summed E-state index contributed by atoms with van der Waals surface area (Å²) in [5.41, 5.74) is 5.36. The second-order valence-corrected chi connectivity index (χ2v) is 7.37. The number of hydrogen-bond donors (Lipinski definition) is 2. The Kier molecular flexibility index (Phi) is 7.34. The van der Waals surface area contributed by atoms with E-state index in [1.807, 2.05) is 37.3 Å². The van der Waals surface area contributed by atoms with E-state index in [1.165, 1.54) is 6.21 Å². The van der Waals surface area contributed by atoms with Crippen LogP contribution < -0.4 is 15.5 Å². The molecule has 0 saturated heterocycles. The van der Waals surface area contributed by atoms with Crippen molar-refractivity contribution in [1.29, 1.82) is 0 Å². The normalized spacial score (nSPS) is 10.6. The van der Waals surface area contributed by atoms with Gasteiger partial charge in [0.05, 0.1) is 6.21 Å². The molecular formula is C23H20BrN3O3. The fraction of sp³-hybridized carbons (Fsp3) is 0.0870. The van der Waals surface area contributed by atoms with Crippen molar-refractivity contribution in [3.8, 4) is 5.75 Å². The van der Waals surface area contributed by atoms with Gasteiger partial charge < -0.3 is 10.1 Å². The van der Waals surface area contributed by atoms with E-state index in [-0.39, 0.29) is 18.4 Å². The lowest BCUT2D eigenvalue weighted by Gasteiger charge is -2.10. The van der Waals surface area contributed by atoms with Crippen LogP contribution in [0.1, 0.15) is 21.5 Å². The van der Waals surface area contributed by atoms with E-state index < -0.39 is 0 Å². The van der Waals surface area contributed by atoms with E-state index in [0.717, 1.165) is 10.0 Å². The number of hydrogen-bond acceptors (Lipinski definition) is 4. The lowest BCUT2D eigenvalue weighted by molar-refractivity contribution is -0.118. The Balaban J connectivity index is 1.61. The summed E-state index contributed by atoms with van der Waals surface area (Å²) in [5.74, 6) is -0.124. The highest BCUT2D eigenvalue weighted by atomic mass is 79.9. The van der Waals surface area contributed by atoms with E-state index in [1.54, 1.807) is 42.5 Å². The number of amides is 2. The Labute approximate surface area is 183 Å². The number of rotatable bonds is 7. The van der Waals surface area contributed by atoms with Crippen molar-refractivity contribution in [3.63, 3.8) is 0 Å². The van der Waals surface area contributed by atoms with Gasteiger partial charge in [-0.15, -0.1) is 0 Å². The molecule has 3 aromatic carbocycles. The molecule has 2 amide bonds. The van der Waals surface area contributed by atoms with Gasteiger partial charge in [0.1, 0.15) is 5.75 Å². The molecule has 0 aliphatic rings. The van der Waals surface area contributed by atoms with Gasteiger partial charge in [-0.05, 0) is 55.0 Å². The molecule has 0 unspecified atom stereocenters. The van der Waals surface area contributed by atoms with Crippen LogP contribution in [0.3, 0.4) is 0 Å². The molecule has 3 aromatic rings. The molecule has 0 aromatic heterocycles. The second-order valence-electron chi connectivity index (χ2n) is 6.45. The number of ether oxygens (including phenoxy) is 1. The summed E-state index contributed by atoms with van der Waals surface area (Å²) in [6, 6.07) is 21.6. The van der Waals surface area contributed by atoms with Gasteiger partial charge in [0, 0.05) is 21.3 Å². The molecule has 152 valence electrons. The van der Waals surface area contributed by atoms with Gasteiger partial charge in [0.2, 0.25) is 0 Å². The average Bonchev–Trinajstić information content (AvgIpc) is 2.73. The maximum atomic E-state index is 12.2. The molecule has 0 heterocycles. The number of aryl methyl sites for hydroxylation is 1. The van der Waals surface area contributed by atoms with Gasteiger partial charge in [0.25, 0.3) is 11.8 Å². The van der Waals surface area contributed by atoms with Gasteiger partial charge in [-0.3, -0.25) is 9.59 Å². The third-order valence-corrected chi connectivity index (χ3v) is 4.53. The first-order chi connectivity index (χ1) is 14.5. The summed E-state index contributed by atoms with van der Waals surface area (Å²) in [5, 5.41) is 6.79. The highest BCUT2D eigenvalue weighted by Gasteiger charge is 2.08. The highest BCUT2D eigenvalue weighted by molar-refractivity contribution is 9.10. The molecule has 30 heavy (non-hydrogen) atoms. The quantitative estimate of drug-likeness (QED) is 0.397. The van der Waals surface area contributed by atoms with Crippen molar-refractivity contribution in [2.75, 3.05) is 11.9 Å². The van der Waals surface area contributed by atoms with Crippen LogP contribution in [-0.2, 0) is 4.79 Å². The highest BCUT2D eigenvalue weighted by Crippen LogP contribution is 2.22. The van der Waals surface area contributed by atoms with Gasteiger partial charge in [-0.1, -0.05) is 46.3 Å². The zero-order valence-electron chi connectivity index (χ0n) is 16.3. The molecule has 0 saturated carbocycles. The Bertz CT molecular complexity index is 1070. The number of carbonyl (C=O) groups is 2. The van der Waals surface area contributed by atoms with Gasteiger partial charge in [-0.2, -0.15) is 5.10 Å². The molecule has 2 N–H and O–H groups in total. The molecule has 0 bridgehead atoms. The largest absolute Gasteiger partial charge is 0.483 e. The molecule has 0 aliphatic carbocycles. The molecular weight excluding hydrogens is 446 g/mol. The minimum atomic E-state index is -0.318. The summed E-state index contributed by atoms with van der Waals surface area (Å²) in [6.07, 6.45) is 1.47. The van der Waals surface area contributed by atoms with Gasteiger partial charge in [-0.25, -0.2) is 5.43 Å². The predicted molar refractivity (Wildman–Crippen MR) is 121 cm³/mol.